The molecular formula is C17H26N2O5S. The molecule has 0 spiro atoms. The largest absolute Gasteiger partial charge is 0.452 e. The number of carbonyl (C=O) groups excluding carboxylic acids is 2. The van der Waals surface area contributed by atoms with Gasteiger partial charge in [0.15, 0.2) is 6.61 Å². The van der Waals surface area contributed by atoms with E-state index in [1.807, 2.05) is 20.8 Å². The van der Waals surface area contributed by atoms with Gasteiger partial charge in [-0.2, -0.15) is 4.31 Å². The predicted octanol–water partition coefficient (Wildman–Crippen LogP) is 1.79. The molecule has 0 aliphatic heterocycles. The molecule has 25 heavy (non-hydrogen) atoms. The summed E-state index contributed by atoms with van der Waals surface area (Å²) in [6.07, 6.45) is 0. The van der Waals surface area contributed by atoms with Crippen LogP contribution in [-0.4, -0.2) is 49.8 Å². The lowest BCUT2D eigenvalue weighted by Crippen LogP contribution is -2.42. The molecule has 0 bridgehead atoms. The molecule has 140 valence electrons. The molecule has 7 nitrogen and oxygen atoms in total. The molecule has 1 amide bonds. The Hall–Kier alpha value is -1.93. The van der Waals surface area contributed by atoms with E-state index in [0.29, 0.717) is 13.1 Å². The third-order valence-corrected chi connectivity index (χ3v) is 5.35. The molecule has 0 radical (unpaired) electrons. The van der Waals surface area contributed by atoms with E-state index >= 15 is 0 Å². The van der Waals surface area contributed by atoms with Crippen molar-refractivity contribution in [1.82, 2.24) is 9.62 Å². The highest BCUT2D eigenvalue weighted by Gasteiger charge is 2.22. The first-order valence-corrected chi connectivity index (χ1v) is 9.53. The molecule has 0 aliphatic rings. The summed E-state index contributed by atoms with van der Waals surface area (Å²) in [6.45, 7) is 9.32. The highest BCUT2D eigenvalue weighted by molar-refractivity contribution is 7.89. The molecule has 0 saturated heterocycles. The zero-order valence-electron chi connectivity index (χ0n) is 15.3. The SMILES string of the molecule is CCN(CC)S(=O)(=O)c1ccc(C(=O)OCC(=O)NC(C)(C)C)cc1. The number of rotatable bonds is 7. The zero-order valence-corrected chi connectivity index (χ0v) is 16.1. The van der Waals surface area contributed by atoms with Crippen LogP contribution in [0.2, 0.25) is 0 Å². The molecule has 0 aromatic heterocycles. The van der Waals surface area contributed by atoms with E-state index in [-0.39, 0.29) is 10.5 Å². The van der Waals surface area contributed by atoms with Gasteiger partial charge in [0.2, 0.25) is 10.0 Å². The second-order valence-electron chi connectivity index (χ2n) is 6.49. The first-order valence-electron chi connectivity index (χ1n) is 8.09. The van der Waals surface area contributed by atoms with Gasteiger partial charge in [0.25, 0.3) is 5.91 Å². The highest BCUT2D eigenvalue weighted by atomic mass is 32.2. The third kappa shape index (κ3) is 6.13. The average Bonchev–Trinajstić information content (AvgIpc) is 2.52. The number of benzene rings is 1. The quantitative estimate of drug-likeness (QED) is 0.739. The molecule has 1 aromatic rings. The van der Waals surface area contributed by atoms with E-state index in [4.69, 9.17) is 4.74 Å². The fraction of sp³-hybridized carbons (Fsp3) is 0.529. The zero-order chi connectivity index (χ0) is 19.3. The lowest BCUT2D eigenvalue weighted by atomic mass is 10.1. The van der Waals surface area contributed by atoms with Gasteiger partial charge in [-0.3, -0.25) is 4.79 Å². The van der Waals surface area contributed by atoms with Crippen molar-refractivity contribution in [1.29, 1.82) is 0 Å². The van der Waals surface area contributed by atoms with Crippen molar-refractivity contribution in [3.63, 3.8) is 0 Å². The summed E-state index contributed by atoms with van der Waals surface area (Å²) < 4.78 is 31.0. The van der Waals surface area contributed by atoms with Crippen molar-refractivity contribution >= 4 is 21.9 Å². The molecule has 0 fully saturated rings. The van der Waals surface area contributed by atoms with Crippen LogP contribution < -0.4 is 5.32 Å². The van der Waals surface area contributed by atoms with Crippen LogP contribution in [-0.2, 0) is 19.6 Å². The molecule has 0 unspecified atom stereocenters. The number of amides is 1. The highest BCUT2D eigenvalue weighted by Crippen LogP contribution is 2.16. The van der Waals surface area contributed by atoms with Crippen LogP contribution in [0.1, 0.15) is 45.0 Å². The van der Waals surface area contributed by atoms with E-state index in [1.54, 1.807) is 13.8 Å². The minimum absolute atomic E-state index is 0.109. The number of hydrogen-bond acceptors (Lipinski definition) is 5. The molecule has 1 rings (SSSR count). The minimum atomic E-state index is -3.57. The lowest BCUT2D eigenvalue weighted by molar-refractivity contribution is -0.125. The van der Waals surface area contributed by atoms with Crippen molar-refractivity contribution in [3.8, 4) is 0 Å². The molecule has 0 aliphatic carbocycles. The number of hydrogen-bond donors (Lipinski definition) is 1. The third-order valence-electron chi connectivity index (χ3n) is 3.28. The van der Waals surface area contributed by atoms with Crippen molar-refractivity contribution in [3.05, 3.63) is 29.8 Å². The van der Waals surface area contributed by atoms with Gasteiger partial charge in [0.1, 0.15) is 0 Å². The maximum absolute atomic E-state index is 12.4. The van der Waals surface area contributed by atoms with Crippen LogP contribution in [0.15, 0.2) is 29.2 Å². The van der Waals surface area contributed by atoms with E-state index in [2.05, 4.69) is 5.32 Å². The van der Waals surface area contributed by atoms with Crippen molar-refractivity contribution in [2.75, 3.05) is 19.7 Å². The Morgan fingerprint density at radius 1 is 1.08 bits per heavy atom. The summed E-state index contributed by atoms with van der Waals surface area (Å²) in [7, 11) is -3.57. The van der Waals surface area contributed by atoms with Crippen LogP contribution >= 0.6 is 0 Å². The molecule has 0 atom stereocenters. The maximum atomic E-state index is 12.4. The number of carbonyl (C=O) groups is 2. The van der Waals surface area contributed by atoms with Gasteiger partial charge in [0.05, 0.1) is 10.5 Å². The van der Waals surface area contributed by atoms with Crippen molar-refractivity contribution in [2.24, 2.45) is 0 Å². The standard InChI is InChI=1S/C17H26N2O5S/c1-6-19(7-2)25(22,23)14-10-8-13(9-11-14)16(21)24-12-15(20)18-17(3,4)5/h8-11H,6-7,12H2,1-5H3,(H,18,20). The number of sulfonamides is 1. The Labute approximate surface area is 149 Å². The van der Waals surface area contributed by atoms with Crippen LogP contribution in [0.4, 0.5) is 0 Å². The Balaban J connectivity index is 2.76. The monoisotopic (exact) mass is 370 g/mol. The van der Waals surface area contributed by atoms with Crippen molar-refractivity contribution < 1.29 is 22.7 Å². The van der Waals surface area contributed by atoms with Crippen LogP contribution in [0.25, 0.3) is 0 Å². The summed E-state index contributed by atoms with van der Waals surface area (Å²) in [5, 5.41) is 2.68. The normalized spacial score (nSPS) is 12.1. The topological polar surface area (TPSA) is 92.8 Å². The van der Waals surface area contributed by atoms with E-state index < -0.39 is 34.0 Å². The van der Waals surface area contributed by atoms with Gasteiger partial charge >= 0.3 is 5.97 Å². The summed E-state index contributed by atoms with van der Waals surface area (Å²) in [5.74, 6) is -1.09. The van der Waals surface area contributed by atoms with E-state index in [9.17, 15) is 18.0 Å². The molecule has 0 heterocycles. The first kappa shape index (κ1) is 21.1. The Morgan fingerprint density at radius 3 is 2.04 bits per heavy atom. The van der Waals surface area contributed by atoms with Gasteiger partial charge < -0.3 is 10.1 Å². The lowest BCUT2D eigenvalue weighted by Gasteiger charge is -2.20. The fourth-order valence-electron chi connectivity index (χ4n) is 2.14. The van der Waals surface area contributed by atoms with Gasteiger partial charge in [0, 0.05) is 18.6 Å². The van der Waals surface area contributed by atoms with Crippen LogP contribution in [0.3, 0.4) is 0 Å². The second-order valence-corrected chi connectivity index (χ2v) is 8.43. The van der Waals surface area contributed by atoms with Gasteiger partial charge in [-0.1, -0.05) is 13.8 Å². The average molecular weight is 370 g/mol. The Morgan fingerprint density at radius 2 is 1.60 bits per heavy atom. The van der Waals surface area contributed by atoms with Gasteiger partial charge in [-0.15, -0.1) is 0 Å². The number of nitrogens with one attached hydrogen (secondary N) is 1. The molecule has 1 aromatic carbocycles. The fourth-order valence-corrected chi connectivity index (χ4v) is 3.60. The second kappa shape index (κ2) is 8.44. The summed E-state index contributed by atoms with van der Waals surface area (Å²) >= 11 is 0. The van der Waals surface area contributed by atoms with Crippen LogP contribution in [0.5, 0.6) is 0 Å². The van der Waals surface area contributed by atoms with E-state index in [0.717, 1.165) is 0 Å². The summed E-state index contributed by atoms with van der Waals surface area (Å²) in [6, 6.07) is 5.47. The smallest absolute Gasteiger partial charge is 0.338 e. The molecule has 0 saturated carbocycles. The number of ether oxygens (including phenoxy) is 1. The van der Waals surface area contributed by atoms with Gasteiger partial charge in [-0.25, -0.2) is 13.2 Å². The van der Waals surface area contributed by atoms with E-state index in [1.165, 1.54) is 28.6 Å². The molecular weight excluding hydrogens is 344 g/mol. The number of nitrogens with zero attached hydrogens (tertiary/aromatic N) is 1. The predicted molar refractivity (Wildman–Crippen MR) is 94.7 cm³/mol. The van der Waals surface area contributed by atoms with Crippen LogP contribution in [0, 0.1) is 0 Å². The van der Waals surface area contributed by atoms with Gasteiger partial charge in [-0.05, 0) is 45.0 Å². The number of esters is 1. The summed E-state index contributed by atoms with van der Waals surface area (Å²) in [5.41, 5.74) is -0.230. The molecule has 1 N–H and O–H groups in total. The first-order chi connectivity index (χ1) is 11.5. The van der Waals surface area contributed by atoms with Crippen molar-refractivity contribution in [2.45, 2.75) is 45.1 Å². The Bertz CT molecular complexity index is 702. The minimum Gasteiger partial charge on any atom is -0.452 e. The summed E-state index contributed by atoms with van der Waals surface area (Å²) in [4.78, 5) is 23.7. The molecule has 8 heteroatoms. The Kier molecular flexibility index (Phi) is 7.13. The maximum Gasteiger partial charge on any atom is 0.338 e.